The van der Waals surface area contributed by atoms with Gasteiger partial charge in [-0.15, -0.1) is 23.5 Å². The monoisotopic (exact) mass is 406 g/mol. The number of hydrogen-bond acceptors (Lipinski definition) is 2. The SMILES string of the molecule is c1ccc(C2Sc3ccc4ccccc4c3-c3c(ccc4ccccc34)S2)cc1. The van der Waals surface area contributed by atoms with Gasteiger partial charge in [0.2, 0.25) is 0 Å². The van der Waals surface area contributed by atoms with E-state index in [2.05, 4.69) is 103 Å². The fourth-order valence-electron chi connectivity index (χ4n) is 4.22. The highest BCUT2D eigenvalue weighted by Crippen LogP contribution is 2.57. The third-order valence-corrected chi connectivity index (χ3v) is 8.31. The molecule has 0 N–H and O–H groups in total. The molecule has 5 aromatic carbocycles. The van der Waals surface area contributed by atoms with Crippen molar-refractivity contribution in [1.29, 1.82) is 0 Å². The van der Waals surface area contributed by atoms with E-state index in [1.807, 2.05) is 23.5 Å². The lowest BCUT2D eigenvalue weighted by molar-refractivity contribution is 1.36. The molecule has 0 amide bonds. The van der Waals surface area contributed by atoms with E-state index in [1.54, 1.807) is 0 Å². The van der Waals surface area contributed by atoms with E-state index in [9.17, 15) is 0 Å². The second-order valence-corrected chi connectivity index (χ2v) is 9.89. The molecule has 1 aliphatic heterocycles. The summed E-state index contributed by atoms with van der Waals surface area (Å²) < 4.78 is 0.332. The Labute approximate surface area is 179 Å². The molecule has 0 atom stereocenters. The van der Waals surface area contributed by atoms with Crippen LogP contribution in [0.25, 0.3) is 32.7 Å². The maximum absolute atomic E-state index is 2.32. The van der Waals surface area contributed by atoms with E-state index in [-0.39, 0.29) is 0 Å². The molecule has 1 aliphatic rings. The minimum Gasteiger partial charge on any atom is -0.106 e. The van der Waals surface area contributed by atoms with Gasteiger partial charge in [0.15, 0.2) is 0 Å². The van der Waals surface area contributed by atoms with E-state index in [4.69, 9.17) is 0 Å². The van der Waals surface area contributed by atoms with E-state index >= 15 is 0 Å². The van der Waals surface area contributed by atoms with Gasteiger partial charge in [0.1, 0.15) is 0 Å². The molecule has 5 aromatic rings. The van der Waals surface area contributed by atoms with E-state index in [0.717, 1.165) is 0 Å². The number of thioether (sulfide) groups is 2. The molecule has 138 valence electrons. The number of hydrogen-bond donors (Lipinski definition) is 0. The van der Waals surface area contributed by atoms with Gasteiger partial charge in [-0.25, -0.2) is 0 Å². The maximum atomic E-state index is 2.32. The van der Waals surface area contributed by atoms with Crippen LogP contribution in [-0.4, -0.2) is 0 Å². The summed E-state index contributed by atoms with van der Waals surface area (Å²) in [7, 11) is 0. The minimum absolute atomic E-state index is 0.332. The van der Waals surface area contributed by atoms with Crippen LogP contribution in [0.15, 0.2) is 113 Å². The summed E-state index contributed by atoms with van der Waals surface area (Å²) in [4.78, 5) is 2.72. The van der Waals surface area contributed by atoms with Crippen LogP contribution in [0.4, 0.5) is 0 Å². The third-order valence-electron chi connectivity index (χ3n) is 5.57. The Hall–Kier alpha value is -2.68. The first-order valence-electron chi connectivity index (χ1n) is 9.81. The van der Waals surface area contributed by atoms with Crippen LogP contribution in [0, 0.1) is 0 Å². The molecule has 0 saturated heterocycles. The topological polar surface area (TPSA) is 0 Å². The third kappa shape index (κ3) is 2.87. The molecule has 0 unspecified atom stereocenters. The molecule has 2 heteroatoms. The van der Waals surface area contributed by atoms with Crippen molar-refractivity contribution in [2.45, 2.75) is 14.4 Å². The van der Waals surface area contributed by atoms with Crippen molar-refractivity contribution in [3.05, 3.63) is 109 Å². The molecular weight excluding hydrogens is 388 g/mol. The maximum Gasteiger partial charge on any atom is 0.0846 e. The minimum atomic E-state index is 0.332. The summed E-state index contributed by atoms with van der Waals surface area (Å²) in [6, 6.07) is 37.6. The van der Waals surface area contributed by atoms with E-state index < -0.39 is 0 Å². The zero-order valence-corrected chi connectivity index (χ0v) is 17.3. The highest BCUT2D eigenvalue weighted by Gasteiger charge is 2.26. The molecule has 6 rings (SSSR count). The first kappa shape index (κ1) is 17.2. The quantitative estimate of drug-likeness (QED) is 0.273. The number of fused-ring (bicyclic) bond motifs is 7. The molecular formula is C27H18S2. The summed E-state index contributed by atoms with van der Waals surface area (Å²) in [6.45, 7) is 0. The molecule has 0 saturated carbocycles. The Morgan fingerprint density at radius 2 is 0.931 bits per heavy atom. The zero-order chi connectivity index (χ0) is 19.2. The Morgan fingerprint density at radius 1 is 0.448 bits per heavy atom. The lowest BCUT2D eigenvalue weighted by Crippen LogP contribution is -1.88. The predicted molar refractivity (Wildman–Crippen MR) is 128 cm³/mol. The van der Waals surface area contributed by atoms with Gasteiger partial charge in [0, 0.05) is 20.9 Å². The molecule has 0 spiro atoms. The first-order valence-corrected chi connectivity index (χ1v) is 11.6. The predicted octanol–water partition coefficient (Wildman–Crippen LogP) is 8.56. The normalized spacial score (nSPS) is 13.8. The Kier molecular flexibility index (Phi) is 4.14. The average molecular weight is 407 g/mol. The van der Waals surface area contributed by atoms with Gasteiger partial charge in [0.25, 0.3) is 0 Å². The summed E-state index contributed by atoms with van der Waals surface area (Å²) in [5.41, 5.74) is 4.12. The van der Waals surface area contributed by atoms with Crippen molar-refractivity contribution >= 4 is 45.1 Å². The smallest absolute Gasteiger partial charge is 0.0846 e. The second-order valence-electron chi connectivity index (χ2n) is 7.30. The Bertz CT molecular complexity index is 1270. The Morgan fingerprint density at radius 3 is 1.48 bits per heavy atom. The molecule has 0 aromatic heterocycles. The van der Waals surface area contributed by atoms with Crippen molar-refractivity contribution in [3.63, 3.8) is 0 Å². The van der Waals surface area contributed by atoms with Crippen LogP contribution < -0.4 is 0 Å². The molecule has 1 heterocycles. The number of benzene rings is 5. The highest BCUT2D eigenvalue weighted by molar-refractivity contribution is 8.16. The van der Waals surface area contributed by atoms with Crippen molar-refractivity contribution in [3.8, 4) is 11.1 Å². The standard InChI is InChI=1S/C27H18S2/c1-2-10-20(11-3-1)27-28-23-16-14-18-8-4-6-12-21(18)25(23)26-22-13-7-5-9-19(22)15-17-24(26)29-27/h1-17,27H. The molecule has 0 nitrogen and oxygen atoms in total. The highest BCUT2D eigenvalue weighted by atomic mass is 32.2. The summed E-state index contributed by atoms with van der Waals surface area (Å²) in [5, 5.41) is 5.27. The van der Waals surface area contributed by atoms with Gasteiger partial charge in [-0.1, -0.05) is 91.0 Å². The number of rotatable bonds is 1. The molecule has 0 bridgehead atoms. The van der Waals surface area contributed by atoms with Crippen LogP contribution in [0.5, 0.6) is 0 Å². The van der Waals surface area contributed by atoms with Gasteiger partial charge in [0.05, 0.1) is 4.58 Å². The lowest BCUT2D eigenvalue weighted by atomic mass is 9.94. The zero-order valence-electron chi connectivity index (χ0n) is 15.7. The van der Waals surface area contributed by atoms with Gasteiger partial charge >= 0.3 is 0 Å². The van der Waals surface area contributed by atoms with Gasteiger partial charge in [-0.05, 0) is 39.2 Å². The summed E-state index contributed by atoms with van der Waals surface area (Å²) in [5.74, 6) is 0. The summed E-state index contributed by atoms with van der Waals surface area (Å²) >= 11 is 3.95. The molecule has 0 fully saturated rings. The van der Waals surface area contributed by atoms with Crippen molar-refractivity contribution in [2.75, 3.05) is 0 Å². The largest absolute Gasteiger partial charge is 0.106 e. The first-order chi connectivity index (χ1) is 14.4. The van der Waals surface area contributed by atoms with Crippen molar-refractivity contribution in [1.82, 2.24) is 0 Å². The van der Waals surface area contributed by atoms with Gasteiger partial charge in [-0.3, -0.25) is 0 Å². The van der Waals surface area contributed by atoms with E-state index in [1.165, 1.54) is 48.0 Å². The van der Waals surface area contributed by atoms with Gasteiger partial charge in [-0.2, -0.15) is 0 Å². The van der Waals surface area contributed by atoms with E-state index in [0.29, 0.717) is 4.58 Å². The van der Waals surface area contributed by atoms with Crippen molar-refractivity contribution < 1.29 is 0 Å². The van der Waals surface area contributed by atoms with Crippen LogP contribution in [0.3, 0.4) is 0 Å². The molecule has 0 radical (unpaired) electrons. The van der Waals surface area contributed by atoms with Crippen LogP contribution in [0.2, 0.25) is 0 Å². The fraction of sp³-hybridized carbons (Fsp3) is 0.0370. The van der Waals surface area contributed by atoms with Crippen molar-refractivity contribution in [2.24, 2.45) is 0 Å². The fourth-order valence-corrected chi connectivity index (χ4v) is 7.03. The molecule has 29 heavy (non-hydrogen) atoms. The molecule has 0 aliphatic carbocycles. The van der Waals surface area contributed by atoms with Crippen LogP contribution in [0.1, 0.15) is 10.1 Å². The van der Waals surface area contributed by atoms with Gasteiger partial charge < -0.3 is 0 Å². The summed E-state index contributed by atoms with van der Waals surface area (Å²) in [6.07, 6.45) is 0. The second kappa shape index (κ2) is 6.98. The average Bonchev–Trinajstić information content (AvgIpc) is 2.97. The lowest BCUT2D eigenvalue weighted by Gasteiger charge is -2.15. The Balaban J connectivity index is 1.72. The van der Waals surface area contributed by atoms with Crippen LogP contribution >= 0.6 is 23.5 Å². The van der Waals surface area contributed by atoms with Crippen LogP contribution in [-0.2, 0) is 0 Å².